The zero-order valence-electron chi connectivity index (χ0n) is 18.2. The minimum absolute atomic E-state index is 0.139. The summed E-state index contributed by atoms with van der Waals surface area (Å²) >= 11 is 0. The lowest BCUT2D eigenvalue weighted by Crippen LogP contribution is -2.40. The molecule has 3 heterocycles. The first-order valence-electron chi connectivity index (χ1n) is 11.0. The van der Waals surface area contributed by atoms with Crippen molar-refractivity contribution in [3.63, 3.8) is 0 Å². The first kappa shape index (κ1) is 21.0. The van der Waals surface area contributed by atoms with Crippen LogP contribution in [0.1, 0.15) is 47.8 Å². The van der Waals surface area contributed by atoms with Crippen molar-refractivity contribution in [2.45, 2.75) is 45.6 Å². The van der Waals surface area contributed by atoms with Crippen LogP contribution in [-0.2, 0) is 6.42 Å². The predicted molar refractivity (Wildman–Crippen MR) is 123 cm³/mol. The zero-order chi connectivity index (χ0) is 21.6. The normalized spacial score (nSPS) is 16.2. The second-order valence-electron chi connectivity index (χ2n) is 8.17. The molecule has 31 heavy (non-hydrogen) atoms. The van der Waals surface area contributed by atoms with Gasteiger partial charge in [-0.1, -0.05) is 29.8 Å². The van der Waals surface area contributed by atoms with E-state index in [0.29, 0.717) is 30.4 Å². The Bertz CT molecular complexity index is 1040. The molecule has 6 heteroatoms. The van der Waals surface area contributed by atoms with E-state index < -0.39 is 0 Å². The van der Waals surface area contributed by atoms with Crippen molar-refractivity contribution in [1.29, 1.82) is 0 Å². The molecule has 0 radical (unpaired) electrons. The van der Waals surface area contributed by atoms with Gasteiger partial charge in [-0.3, -0.25) is 9.78 Å². The number of nitrogens with zero attached hydrogens (tertiary/aromatic N) is 4. The number of rotatable bonds is 6. The molecule has 1 atom stereocenters. The first-order valence-corrected chi connectivity index (χ1v) is 11.0. The Balaban J connectivity index is 1.60. The highest BCUT2D eigenvalue weighted by atomic mass is 16.1. The van der Waals surface area contributed by atoms with Crippen molar-refractivity contribution in [3.8, 4) is 11.4 Å². The summed E-state index contributed by atoms with van der Waals surface area (Å²) in [6.07, 6.45) is 7.55. The summed E-state index contributed by atoms with van der Waals surface area (Å²) < 4.78 is 0. The Morgan fingerprint density at radius 1 is 1.16 bits per heavy atom. The number of piperidine rings is 1. The Morgan fingerprint density at radius 3 is 2.84 bits per heavy atom. The highest BCUT2D eigenvalue weighted by Crippen LogP contribution is 2.28. The van der Waals surface area contributed by atoms with Gasteiger partial charge in [-0.25, -0.2) is 9.97 Å². The fourth-order valence-corrected chi connectivity index (χ4v) is 4.03. The maximum Gasteiger partial charge on any atom is 0.256 e. The Hall–Kier alpha value is -3.28. The molecule has 1 amide bonds. The molecule has 1 aliphatic heterocycles. The van der Waals surface area contributed by atoms with Gasteiger partial charge in [0.25, 0.3) is 5.91 Å². The third kappa shape index (κ3) is 5.08. The average molecular weight is 416 g/mol. The van der Waals surface area contributed by atoms with Gasteiger partial charge in [-0.2, -0.15) is 0 Å². The van der Waals surface area contributed by atoms with Crippen LogP contribution in [-0.4, -0.2) is 40.0 Å². The van der Waals surface area contributed by atoms with Gasteiger partial charge in [0.15, 0.2) is 5.82 Å². The van der Waals surface area contributed by atoms with Gasteiger partial charge in [0.05, 0.1) is 0 Å². The summed E-state index contributed by atoms with van der Waals surface area (Å²) in [5.74, 6) is 1.25. The summed E-state index contributed by atoms with van der Waals surface area (Å²) in [6, 6.07) is 14.3. The Morgan fingerprint density at radius 2 is 2.06 bits per heavy atom. The van der Waals surface area contributed by atoms with Crippen molar-refractivity contribution in [3.05, 3.63) is 71.7 Å². The summed E-state index contributed by atoms with van der Waals surface area (Å²) in [6.45, 7) is 5.68. The number of hydrogen-bond acceptors (Lipinski definition) is 5. The molecule has 1 aromatic carbocycles. The van der Waals surface area contributed by atoms with Crippen LogP contribution in [0.2, 0.25) is 0 Å². The zero-order valence-corrected chi connectivity index (χ0v) is 18.2. The van der Waals surface area contributed by atoms with Crippen molar-refractivity contribution in [2.75, 3.05) is 18.0 Å². The van der Waals surface area contributed by atoms with E-state index in [0.717, 1.165) is 42.0 Å². The molecule has 1 N–H and O–H groups in total. The van der Waals surface area contributed by atoms with Gasteiger partial charge in [-0.05, 0) is 51.3 Å². The second-order valence-corrected chi connectivity index (χ2v) is 8.17. The number of anilines is 1. The van der Waals surface area contributed by atoms with Crippen molar-refractivity contribution >= 4 is 11.7 Å². The van der Waals surface area contributed by atoms with Crippen LogP contribution in [0.15, 0.2) is 54.9 Å². The van der Waals surface area contributed by atoms with Crippen LogP contribution in [0.5, 0.6) is 0 Å². The second kappa shape index (κ2) is 9.69. The first-order chi connectivity index (χ1) is 15.1. The Labute approximate surface area is 183 Å². The minimum Gasteiger partial charge on any atom is -0.353 e. The molecule has 0 saturated carbocycles. The van der Waals surface area contributed by atoms with E-state index in [-0.39, 0.29) is 5.91 Å². The van der Waals surface area contributed by atoms with Gasteiger partial charge >= 0.3 is 0 Å². The number of carbonyl (C=O) groups excluding carboxylic acids is 1. The van der Waals surface area contributed by atoms with Crippen LogP contribution in [0.25, 0.3) is 11.4 Å². The molecule has 1 saturated heterocycles. The summed E-state index contributed by atoms with van der Waals surface area (Å²) in [7, 11) is 0. The molecule has 3 aromatic rings. The highest BCUT2D eigenvalue weighted by Gasteiger charge is 2.26. The van der Waals surface area contributed by atoms with Crippen LogP contribution < -0.4 is 10.2 Å². The number of nitrogens with one attached hydrogen (secondary N) is 1. The monoisotopic (exact) mass is 415 g/mol. The summed E-state index contributed by atoms with van der Waals surface area (Å²) in [5.41, 5.74) is 3.61. The molecular formula is C25H29N5O. The number of benzene rings is 1. The van der Waals surface area contributed by atoms with E-state index >= 15 is 0 Å². The third-order valence-corrected chi connectivity index (χ3v) is 5.76. The smallest absolute Gasteiger partial charge is 0.256 e. The topological polar surface area (TPSA) is 71.0 Å². The van der Waals surface area contributed by atoms with E-state index in [1.807, 2.05) is 30.3 Å². The maximum atomic E-state index is 13.1. The lowest BCUT2D eigenvalue weighted by atomic mass is 10.0. The van der Waals surface area contributed by atoms with Crippen molar-refractivity contribution in [1.82, 2.24) is 20.3 Å². The van der Waals surface area contributed by atoms with Gasteiger partial charge in [0.2, 0.25) is 0 Å². The number of aryl methyl sites for hydroxylation is 1. The minimum atomic E-state index is -0.139. The van der Waals surface area contributed by atoms with Crippen LogP contribution in [0.3, 0.4) is 0 Å². The lowest BCUT2D eigenvalue weighted by molar-refractivity contribution is 0.0953. The summed E-state index contributed by atoms with van der Waals surface area (Å²) in [4.78, 5) is 29.1. The number of aromatic nitrogens is 3. The fraction of sp³-hybridized carbons (Fsp3) is 0.360. The number of hydrogen-bond donors (Lipinski definition) is 1. The largest absolute Gasteiger partial charge is 0.353 e. The van der Waals surface area contributed by atoms with Crippen LogP contribution >= 0.6 is 0 Å². The molecule has 2 aromatic heterocycles. The SMILES string of the molecule is Cc1cccc(-c2ncc(C(=O)NCCc3ccccn3)c(N3CCCCC3C)n2)c1. The van der Waals surface area contributed by atoms with Gasteiger partial charge < -0.3 is 10.2 Å². The number of amides is 1. The van der Waals surface area contributed by atoms with Crippen molar-refractivity contribution < 1.29 is 4.79 Å². The Kier molecular flexibility index (Phi) is 6.55. The molecular weight excluding hydrogens is 386 g/mol. The molecule has 0 bridgehead atoms. The highest BCUT2D eigenvalue weighted by molar-refractivity contribution is 5.99. The molecule has 1 aliphatic rings. The molecule has 160 valence electrons. The molecule has 4 rings (SSSR count). The number of carbonyl (C=O) groups is 1. The van der Waals surface area contributed by atoms with E-state index in [9.17, 15) is 4.79 Å². The van der Waals surface area contributed by atoms with Crippen molar-refractivity contribution in [2.24, 2.45) is 0 Å². The third-order valence-electron chi connectivity index (χ3n) is 5.76. The van der Waals surface area contributed by atoms with E-state index in [4.69, 9.17) is 4.98 Å². The molecule has 6 nitrogen and oxygen atoms in total. The standard InChI is InChI=1S/C25H29N5O/c1-18-8-7-10-20(16-18)23-28-17-22(24(29-23)30-15-6-4-9-19(30)2)25(31)27-14-12-21-11-3-5-13-26-21/h3,5,7-8,10-11,13,16-17,19H,4,6,9,12,14-15H2,1-2H3,(H,27,31). The molecule has 0 aliphatic carbocycles. The lowest BCUT2D eigenvalue weighted by Gasteiger charge is -2.35. The van der Waals surface area contributed by atoms with E-state index in [1.165, 1.54) is 6.42 Å². The maximum absolute atomic E-state index is 13.1. The van der Waals surface area contributed by atoms with Crippen LogP contribution in [0.4, 0.5) is 5.82 Å². The van der Waals surface area contributed by atoms with E-state index in [2.05, 4.69) is 46.2 Å². The van der Waals surface area contributed by atoms with Gasteiger partial charge in [0.1, 0.15) is 11.4 Å². The van der Waals surface area contributed by atoms with E-state index in [1.54, 1.807) is 12.4 Å². The quantitative estimate of drug-likeness (QED) is 0.653. The van der Waals surface area contributed by atoms with Gasteiger partial charge in [0, 0.05) is 49.2 Å². The molecule has 0 spiro atoms. The van der Waals surface area contributed by atoms with Crippen LogP contribution in [0, 0.1) is 6.92 Å². The predicted octanol–water partition coefficient (Wildman–Crippen LogP) is 4.20. The van der Waals surface area contributed by atoms with Gasteiger partial charge in [-0.15, -0.1) is 0 Å². The molecule has 1 unspecified atom stereocenters. The fourth-order valence-electron chi connectivity index (χ4n) is 4.03. The number of pyridine rings is 1. The summed E-state index contributed by atoms with van der Waals surface area (Å²) in [5, 5.41) is 3.02. The molecule has 1 fully saturated rings. The average Bonchev–Trinajstić information content (AvgIpc) is 2.80.